The van der Waals surface area contributed by atoms with Crippen molar-refractivity contribution in [3.8, 4) is 11.5 Å². The molecule has 3 rings (SSSR count). The Morgan fingerprint density at radius 2 is 1.86 bits per heavy atom. The van der Waals surface area contributed by atoms with Crippen LogP contribution >= 0.6 is 0 Å². The molecule has 0 unspecified atom stereocenters. The van der Waals surface area contributed by atoms with Crippen molar-refractivity contribution >= 4 is 0 Å². The van der Waals surface area contributed by atoms with Gasteiger partial charge in [0.05, 0.1) is 0 Å². The monoisotopic (exact) mass is 281 g/mol. The molecule has 1 fully saturated rings. The van der Waals surface area contributed by atoms with E-state index < -0.39 is 0 Å². The van der Waals surface area contributed by atoms with Crippen LogP contribution in [-0.4, -0.2) is 6.04 Å². The van der Waals surface area contributed by atoms with Crippen molar-refractivity contribution in [1.29, 1.82) is 0 Å². The van der Waals surface area contributed by atoms with Crippen LogP contribution in [0.5, 0.6) is 11.5 Å². The molecule has 0 aliphatic heterocycles. The second kappa shape index (κ2) is 5.90. The van der Waals surface area contributed by atoms with E-state index in [-0.39, 0.29) is 0 Å². The van der Waals surface area contributed by atoms with E-state index in [1.165, 1.54) is 35.1 Å². The largest absolute Gasteiger partial charge is 0.457 e. The summed E-state index contributed by atoms with van der Waals surface area (Å²) in [5, 5.41) is 3.56. The first kappa shape index (κ1) is 14.2. The highest BCUT2D eigenvalue weighted by molar-refractivity contribution is 5.43. The van der Waals surface area contributed by atoms with Crippen molar-refractivity contribution in [1.82, 2.24) is 5.32 Å². The van der Waals surface area contributed by atoms with E-state index >= 15 is 0 Å². The van der Waals surface area contributed by atoms with Gasteiger partial charge in [-0.3, -0.25) is 0 Å². The lowest BCUT2D eigenvalue weighted by Crippen LogP contribution is -2.15. The number of hydrogen-bond donors (Lipinski definition) is 1. The molecule has 2 heteroatoms. The summed E-state index contributed by atoms with van der Waals surface area (Å²) in [6, 6.07) is 13.3. The molecule has 0 amide bonds. The highest BCUT2D eigenvalue weighted by Crippen LogP contribution is 2.28. The molecule has 110 valence electrons. The number of nitrogens with one attached hydrogen (secondary N) is 1. The Morgan fingerprint density at radius 3 is 2.57 bits per heavy atom. The topological polar surface area (TPSA) is 21.3 Å². The summed E-state index contributed by atoms with van der Waals surface area (Å²) in [6.45, 7) is 7.33. The summed E-state index contributed by atoms with van der Waals surface area (Å²) in [7, 11) is 0. The molecule has 0 aromatic heterocycles. The Labute approximate surface area is 127 Å². The highest BCUT2D eigenvalue weighted by atomic mass is 16.5. The van der Waals surface area contributed by atoms with Gasteiger partial charge in [0.25, 0.3) is 0 Å². The highest BCUT2D eigenvalue weighted by Gasteiger charge is 2.20. The molecule has 21 heavy (non-hydrogen) atoms. The third-order valence-corrected chi connectivity index (χ3v) is 4.26. The van der Waals surface area contributed by atoms with Gasteiger partial charge < -0.3 is 10.1 Å². The molecule has 0 atom stereocenters. The van der Waals surface area contributed by atoms with Crippen LogP contribution in [0.25, 0.3) is 0 Å². The fourth-order valence-corrected chi connectivity index (χ4v) is 2.43. The van der Waals surface area contributed by atoms with E-state index in [1.807, 2.05) is 12.1 Å². The van der Waals surface area contributed by atoms with E-state index in [4.69, 9.17) is 4.74 Å². The lowest BCUT2D eigenvalue weighted by Gasteiger charge is -2.13. The van der Waals surface area contributed by atoms with Crippen LogP contribution < -0.4 is 10.1 Å². The predicted molar refractivity (Wildman–Crippen MR) is 87.0 cm³/mol. The van der Waals surface area contributed by atoms with Gasteiger partial charge in [0, 0.05) is 12.6 Å². The summed E-state index contributed by atoms with van der Waals surface area (Å²) in [6.07, 6.45) is 2.65. The van der Waals surface area contributed by atoms with Gasteiger partial charge in [-0.1, -0.05) is 18.2 Å². The third kappa shape index (κ3) is 3.45. The summed E-state index contributed by atoms with van der Waals surface area (Å²) in [4.78, 5) is 0. The summed E-state index contributed by atoms with van der Waals surface area (Å²) in [5.41, 5.74) is 5.10. The van der Waals surface area contributed by atoms with E-state index in [0.29, 0.717) is 0 Å². The maximum absolute atomic E-state index is 6.04. The summed E-state index contributed by atoms with van der Waals surface area (Å²) >= 11 is 0. The quantitative estimate of drug-likeness (QED) is 0.861. The van der Waals surface area contributed by atoms with E-state index in [0.717, 1.165) is 24.1 Å². The van der Waals surface area contributed by atoms with E-state index in [2.05, 4.69) is 50.4 Å². The Hall–Kier alpha value is -1.80. The average molecular weight is 281 g/mol. The minimum Gasteiger partial charge on any atom is -0.457 e. The number of benzene rings is 2. The van der Waals surface area contributed by atoms with Gasteiger partial charge in [0.1, 0.15) is 11.5 Å². The Balaban J connectivity index is 1.73. The zero-order chi connectivity index (χ0) is 14.8. The number of rotatable bonds is 5. The number of hydrogen-bond acceptors (Lipinski definition) is 2. The van der Waals surface area contributed by atoms with Gasteiger partial charge in [-0.2, -0.15) is 0 Å². The summed E-state index contributed by atoms with van der Waals surface area (Å²) in [5.74, 6) is 1.86. The van der Waals surface area contributed by atoms with Crippen LogP contribution in [0.4, 0.5) is 0 Å². The van der Waals surface area contributed by atoms with Crippen molar-refractivity contribution in [2.75, 3.05) is 0 Å². The molecule has 0 saturated heterocycles. The zero-order valence-corrected chi connectivity index (χ0v) is 13.1. The van der Waals surface area contributed by atoms with Crippen molar-refractivity contribution in [2.24, 2.45) is 0 Å². The minimum atomic E-state index is 0.746. The van der Waals surface area contributed by atoms with Crippen LogP contribution in [0.2, 0.25) is 0 Å². The van der Waals surface area contributed by atoms with Gasteiger partial charge in [-0.05, 0) is 74.1 Å². The van der Waals surface area contributed by atoms with Gasteiger partial charge in [0.2, 0.25) is 0 Å². The number of aryl methyl sites for hydroxylation is 2. The van der Waals surface area contributed by atoms with Crippen LogP contribution in [0.15, 0.2) is 36.4 Å². The average Bonchev–Trinajstić information content (AvgIpc) is 3.27. The maximum Gasteiger partial charge on any atom is 0.130 e. The molecule has 1 aliphatic carbocycles. The second-order valence-corrected chi connectivity index (χ2v) is 6.04. The molecule has 1 N–H and O–H groups in total. The van der Waals surface area contributed by atoms with Gasteiger partial charge in [0.15, 0.2) is 0 Å². The molecule has 0 radical (unpaired) electrons. The third-order valence-electron chi connectivity index (χ3n) is 4.26. The molecule has 0 heterocycles. The first-order valence-corrected chi connectivity index (χ1v) is 7.70. The van der Waals surface area contributed by atoms with Crippen LogP contribution in [-0.2, 0) is 6.54 Å². The van der Waals surface area contributed by atoms with Crippen LogP contribution in [0.1, 0.15) is 35.1 Å². The van der Waals surface area contributed by atoms with Crippen molar-refractivity contribution in [2.45, 2.75) is 46.2 Å². The molecule has 2 nitrogen and oxygen atoms in total. The molecular weight excluding hydrogens is 258 g/mol. The first-order chi connectivity index (χ1) is 10.1. The fraction of sp³-hybridized carbons (Fsp3) is 0.368. The molecule has 1 aliphatic rings. The fourth-order valence-electron chi connectivity index (χ4n) is 2.43. The first-order valence-electron chi connectivity index (χ1n) is 7.70. The lowest BCUT2D eigenvalue weighted by atomic mass is 10.1. The Morgan fingerprint density at radius 1 is 1.05 bits per heavy atom. The molecular formula is C19H23NO. The Bertz CT molecular complexity index is 644. The Kier molecular flexibility index (Phi) is 3.98. The number of ether oxygens (including phenoxy) is 1. The minimum absolute atomic E-state index is 0.746. The van der Waals surface area contributed by atoms with Crippen molar-refractivity contribution < 1.29 is 4.74 Å². The predicted octanol–water partition coefficient (Wildman–Crippen LogP) is 4.66. The van der Waals surface area contributed by atoms with Crippen molar-refractivity contribution in [3.63, 3.8) is 0 Å². The smallest absolute Gasteiger partial charge is 0.130 e. The van der Waals surface area contributed by atoms with Gasteiger partial charge in [-0.15, -0.1) is 0 Å². The standard InChI is InChI=1S/C19H23NO/c1-13-5-4-6-19(15(13)3)21-18-10-7-16(14(2)11-18)12-20-17-8-9-17/h4-7,10-11,17,20H,8-9,12H2,1-3H3. The molecule has 0 spiro atoms. The maximum atomic E-state index is 6.04. The van der Waals surface area contributed by atoms with Gasteiger partial charge >= 0.3 is 0 Å². The van der Waals surface area contributed by atoms with Gasteiger partial charge in [-0.25, -0.2) is 0 Å². The normalized spacial score (nSPS) is 14.2. The second-order valence-electron chi connectivity index (χ2n) is 6.04. The zero-order valence-electron chi connectivity index (χ0n) is 13.1. The summed E-state index contributed by atoms with van der Waals surface area (Å²) < 4.78 is 6.04. The van der Waals surface area contributed by atoms with E-state index in [9.17, 15) is 0 Å². The van der Waals surface area contributed by atoms with Crippen LogP contribution in [0, 0.1) is 20.8 Å². The SMILES string of the molecule is Cc1cc(Oc2cccc(C)c2C)ccc1CNC1CC1. The van der Waals surface area contributed by atoms with Crippen LogP contribution in [0.3, 0.4) is 0 Å². The molecule has 2 aromatic carbocycles. The molecule has 0 bridgehead atoms. The molecule has 1 saturated carbocycles. The molecule has 2 aromatic rings. The van der Waals surface area contributed by atoms with E-state index in [1.54, 1.807) is 0 Å². The lowest BCUT2D eigenvalue weighted by molar-refractivity contribution is 0.477. The van der Waals surface area contributed by atoms with Crippen molar-refractivity contribution in [3.05, 3.63) is 58.7 Å².